The molecule has 0 spiro atoms. The van der Waals surface area contributed by atoms with Gasteiger partial charge in [0.15, 0.2) is 6.10 Å². The molecule has 0 aromatic heterocycles. The van der Waals surface area contributed by atoms with Crippen molar-refractivity contribution in [3.63, 3.8) is 0 Å². The maximum atomic E-state index is 12.7. The van der Waals surface area contributed by atoms with Gasteiger partial charge in [-0.25, -0.2) is 0 Å². The molecule has 134 valence electrons. The van der Waals surface area contributed by atoms with E-state index in [1.54, 1.807) is 6.92 Å². The Morgan fingerprint density at radius 2 is 1.68 bits per heavy atom. The SMILES string of the molecule is Cc1cccc(OC(C)C(=O)NC(CC(C)C)c2ccccc2)c1C. The zero-order valence-electron chi connectivity index (χ0n) is 15.9. The van der Waals surface area contributed by atoms with Crippen molar-refractivity contribution >= 4 is 5.91 Å². The van der Waals surface area contributed by atoms with Crippen molar-refractivity contribution < 1.29 is 9.53 Å². The number of ether oxygens (including phenoxy) is 1. The van der Waals surface area contributed by atoms with Gasteiger partial charge in [-0.2, -0.15) is 0 Å². The number of nitrogens with one attached hydrogen (secondary N) is 1. The molecule has 2 rings (SSSR count). The lowest BCUT2D eigenvalue weighted by molar-refractivity contribution is -0.128. The van der Waals surface area contributed by atoms with Crippen LogP contribution in [0.2, 0.25) is 0 Å². The highest BCUT2D eigenvalue weighted by atomic mass is 16.5. The third-order valence-corrected chi connectivity index (χ3v) is 4.45. The van der Waals surface area contributed by atoms with E-state index in [0.717, 1.165) is 28.9 Å². The summed E-state index contributed by atoms with van der Waals surface area (Å²) in [5.74, 6) is 1.17. The van der Waals surface area contributed by atoms with E-state index in [1.165, 1.54) is 0 Å². The number of rotatable bonds is 7. The van der Waals surface area contributed by atoms with Gasteiger partial charge in [0.1, 0.15) is 5.75 Å². The highest BCUT2D eigenvalue weighted by molar-refractivity contribution is 5.81. The molecule has 0 aliphatic rings. The Bertz CT molecular complexity index is 694. The maximum Gasteiger partial charge on any atom is 0.261 e. The van der Waals surface area contributed by atoms with Crippen molar-refractivity contribution in [3.05, 3.63) is 65.2 Å². The Labute approximate surface area is 151 Å². The average molecular weight is 339 g/mol. The van der Waals surface area contributed by atoms with Crippen LogP contribution in [0, 0.1) is 19.8 Å². The van der Waals surface area contributed by atoms with Crippen molar-refractivity contribution in [3.8, 4) is 5.75 Å². The van der Waals surface area contributed by atoms with Crippen LogP contribution in [0.15, 0.2) is 48.5 Å². The van der Waals surface area contributed by atoms with Gasteiger partial charge in [0, 0.05) is 0 Å². The Morgan fingerprint density at radius 1 is 1.00 bits per heavy atom. The van der Waals surface area contributed by atoms with E-state index in [1.807, 2.05) is 50.2 Å². The van der Waals surface area contributed by atoms with Crippen LogP contribution in [-0.2, 0) is 4.79 Å². The van der Waals surface area contributed by atoms with Crippen LogP contribution in [0.1, 0.15) is 49.9 Å². The molecule has 2 unspecified atom stereocenters. The third kappa shape index (κ3) is 5.35. The van der Waals surface area contributed by atoms with Crippen molar-refractivity contribution in [2.75, 3.05) is 0 Å². The van der Waals surface area contributed by atoms with E-state index in [0.29, 0.717) is 5.92 Å². The molecule has 0 heterocycles. The van der Waals surface area contributed by atoms with E-state index in [-0.39, 0.29) is 11.9 Å². The lowest BCUT2D eigenvalue weighted by Crippen LogP contribution is -2.39. The van der Waals surface area contributed by atoms with Gasteiger partial charge < -0.3 is 10.1 Å². The first-order chi connectivity index (χ1) is 11.9. The molecule has 25 heavy (non-hydrogen) atoms. The Kier molecular flexibility index (Phi) is 6.63. The maximum absolute atomic E-state index is 12.7. The van der Waals surface area contributed by atoms with Gasteiger partial charge in [-0.15, -0.1) is 0 Å². The molecule has 0 saturated heterocycles. The minimum Gasteiger partial charge on any atom is -0.481 e. The number of amides is 1. The van der Waals surface area contributed by atoms with E-state index < -0.39 is 6.10 Å². The summed E-state index contributed by atoms with van der Waals surface area (Å²) in [6.45, 7) is 10.2. The van der Waals surface area contributed by atoms with Crippen LogP contribution in [0.5, 0.6) is 5.75 Å². The van der Waals surface area contributed by atoms with Crippen molar-refractivity contribution in [2.24, 2.45) is 5.92 Å². The summed E-state index contributed by atoms with van der Waals surface area (Å²) >= 11 is 0. The van der Waals surface area contributed by atoms with Crippen LogP contribution in [-0.4, -0.2) is 12.0 Å². The summed E-state index contributed by atoms with van der Waals surface area (Å²) in [5.41, 5.74) is 3.36. The summed E-state index contributed by atoms with van der Waals surface area (Å²) in [4.78, 5) is 12.7. The van der Waals surface area contributed by atoms with E-state index >= 15 is 0 Å². The molecule has 0 saturated carbocycles. The topological polar surface area (TPSA) is 38.3 Å². The molecule has 0 bridgehead atoms. The average Bonchev–Trinajstić information content (AvgIpc) is 2.58. The molecule has 0 radical (unpaired) electrons. The van der Waals surface area contributed by atoms with Gasteiger partial charge in [0.25, 0.3) is 5.91 Å². The van der Waals surface area contributed by atoms with Crippen LogP contribution >= 0.6 is 0 Å². The molecule has 2 aromatic carbocycles. The first-order valence-corrected chi connectivity index (χ1v) is 8.96. The van der Waals surface area contributed by atoms with Crippen LogP contribution < -0.4 is 10.1 Å². The summed E-state index contributed by atoms with van der Waals surface area (Å²) in [6, 6.07) is 16.0. The zero-order valence-corrected chi connectivity index (χ0v) is 15.9. The fourth-order valence-corrected chi connectivity index (χ4v) is 2.82. The Hall–Kier alpha value is -2.29. The van der Waals surface area contributed by atoms with Gasteiger partial charge in [0.05, 0.1) is 6.04 Å². The molecule has 1 amide bonds. The van der Waals surface area contributed by atoms with Crippen LogP contribution in [0.25, 0.3) is 0 Å². The lowest BCUT2D eigenvalue weighted by atomic mass is 9.97. The molecule has 2 atom stereocenters. The molecule has 0 aliphatic heterocycles. The number of aryl methyl sites for hydroxylation is 1. The molecule has 3 nitrogen and oxygen atoms in total. The molecular formula is C22H29NO2. The normalized spacial score (nSPS) is 13.4. The highest BCUT2D eigenvalue weighted by Gasteiger charge is 2.21. The minimum absolute atomic E-state index is 0.00152. The smallest absolute Gasteiger partial charge is 0.261 e. The van der Waals surface area contributed by atoms with Gasteiger partial charge >= 0.3 is 0 Å². The van der Waals surface area contributed by atoms with Crippen molar-refractivity contribution in [1.82, 2.24) is 5.32 Å². The molecule has 3 heteroatoms. The molecule has 0 aliphatic carbocycles. The Morgan fingerprint density at radius 3 is 2.32 bits per heavy atom. The van der Waals surface area contributed by atoms with Gasteiger partial charge in [0.2, 0.25) is 0 Å². The van der Waals surface area contributed by atoms with Crippen molar-refractivity contribution in [2.45, 2.75) is 53.2 Å². The number of hydrogen-bond donors (Lipinski definition) is 1. The largest absolute Gasteiger partial charge is 0.481 e. The predicted molar refractivity (Wildman–Crippen MR) is 103 cm³/mol. The summed E-state index contributed by atoms with van der Waals surface area (Å²) < 4.78 is 5.92. The van der Waals surface area contributed by atoms with E-state index in [9.17, 15) is 4.79 Å². The summed E-state index contributed by atoms with van der Waals surface area (Å²) in [6.07, 6.45) is 0.352. The van der Waals surface area contributed by atoms with Gasteiger partial charge in [-0.05, 0) is 55.9 Å². The highest BCUT2D eigenvalue weighted by Crippen LogP contribution is 2.23. The summed E-state index contributed by atoms with van der Waals surface area (Å²) in [7, 11) is 0. The summed E-state index contributed by atoms with van der Waals surface area (Å²) in [5, 5.41) is 3.15. The quantitative estimate of drug-likeness (QED) is 0.773. The predicted octanol–water partition coefficient (Wildman–Crippen LogP) is 4.97. The van der Waals surface area contributed by atoms with Crippen molar-refractivity contribution in [1.29, 1.82) is 0 Å². The number of carbonyl (C=O) groups is 1. The van der Waals surface area contributed by atoms with Crippen LogP contribution in [0.4, 0.5) is 0 Å². The van der Waals surface area contributed by atoms with Crippen LogP contribution in [0.3, 0.4) is 0 Å². The standard InChI is InChI=1S/C22H29NO2/c1-15(2)14-20(19-11-7-6-8-12-19)23-22(24)18(5)25-21-13-9-10-16(3)17(21)4/h6-13,15,18,20H,14H2,1-5H3,(H,23,24). The minimum atomic E-state index is -0.543. The molecule has 2 aromatic rings. The second-order valence-electron chi connectivity index (χ2n) is 7.06. The zero-order chi connectivity index (χ0) is 18.4. The molecule has 0 fully saturated rings. The number of hydrogen-bond acceptors (Lipinski definition) is 2. The third-order valence-electron chi connectivity index (χ3n) is 4.45. The van der Waals surface area contributed by atoms with E-state index in [4.69, 9.17) is 4.74 Å². The molecular weight excluding hydrogens is 310 g/mol. The fraction of sp³-hybridized carbons (Fsp3) is 0.409. The first-order valence-electron chi connectivity index (χ1n) is 8.96. The first kappa shape index (κ1) is 19.0. The second kappa shape index (κ2) is 8.70. The molecule has 1 N–H and O–H groups in total. The van der Waals surface area contributed by atoms with Gasteiger partial charge in [-0.3, -0.25) is 4.79 Å². The Balaban J connectivity index is 2.08. The number of benzene rings is 2. The second-order valence-corrected chi connectivity index (χ2v) is 7.06. The van der Waals surface area contributed by atoms with E-state index in [2.05, 4.69) is 31.3 Å². The lowest BCUT2D eigenvalue weighted by Gasteiger charge is -2.24. The fourth-order valence-electron chi connectivity index (χ4n) is 2.82. The van der Waals surface area contributed by atoms with Gasteiger partial charge in [-0.1, -0.05) is 56.3 Å². The number of carbonyl (C=O) groups excluding carboxylic acids is 1. The monoisotopic (exact) mass is 339 g/mol.